The van der Waals surface area contributed by atoms with Crippen molar-refractivity contribution >= 4 is 15.9 Å². The third kappa shape index (κ3) is 7.03. The van der Waals surface area contributed by atoms with Crippen molar-refractivity contribution in [2.75, 3.05) is 13.2 Å². The molecule has 1 amide bonds. The van der Waals surface area contributed by atoms with Crippen LogP contribution >= 0.6 is 0 Å². The second kappa shape index (κ2) is 10.1. The minimum absolute atomic E-state index is 0.0931. The first-order valence-electron chi connectivity index (χ1n) is 8.96. The summed E-state index contributed by atoms with van der Waals surface area (Å²) in [6.45, 7) is 4.12. The molecular formula is C20H26N2O4S. The maximum atomic E-state index is 12.3. The van der Waals surface area contributed by atoms with E-state index >= 15 is 0 Å². The molecule has 6 nitrogen and oxygen atoms in total. The average molecular weight is 391 g/mol. The molecule has 7 heteroatoms. The quantitative estimate of drug-likeness (QED) is 0.653. The highest BCUT2D eigenvalue weighted by Gasteiger charge is 2.13. The zero-order valence-electron chi connectivity index (χ0n) is 15.6. The van der Waals surface area contributed by atoms with E-state index in [1.807, 2.05) is 44.2 Å². The molecule has 0 fully saturated rings. The molecule has 0 aliphatic carbocycles. The number of sulfonamides is 1. The molecule has 146 valence electrons. The summed E-state index contributed by atoms with van der Waals surface area (Å²) in [4.78, 5) is 11.9. The van der Waals surface area contributed by atoms with Crippen LogP contribution in [0.15, 0.2) is 59.5 Å². The fourth-order valence-corrected chi connectivity index (χ4v) is 3.37. The second-order valence-electron chi connectivity index (χ2n) is 6.27. The fraction of sp³-hybridized carbons (Fsp3) is 0.350. The largest absolute Gasteiger partial charge is 0.484 e. The highest BCUT2D eigenvalue weighted by atomic mass is 32.2. The van der Waals surface area contributed by atoms with Crippen LogP contribution in [0.4, 0.5) is 0 Å². The highest BCUT2D eigenvalue weighted by molar-refractivity contribution is 7.89. The van der Waals surface area contributed by atoms with Gasteiger partial charge in [-0.15, -0.1) is 0 Å². The first kappa shape index (κ1) is 20.9. The van der Waals surface area contributed by atoms with Gasteiger partial charge in [-0.3, -0.25) is 4.79 Å². The molecule has 2 N–H and O–H groups in total. The molecule has 0 radical (unpaired) electrons. The van der Waals surface area contributed by atoms with Gasteiger partial charge in [0.05, 0.1) is 4.90 Å². The number of rotatable bonds is 10. The number of benzene rings is 2. The van der Waals surface area contributed by atoms with Crippen LogP contribution in [0.2, 0.25) is 0 Å². The summed E-state index contributed by atoms with van der Waals surface area (Å²) >= 11 is 0. The number of ether oxygens (including phenoxy) is 1. The van der Waals surface area contributed by atoms with E-state index in [4.69, 9.17) is 4.74 Å². The molecule has 2 aromatic carbocycles. The first-order chi connectivity index (χ1) is 12.9. The van der Waals surface area contributed by atoms with Crippen LogP contribution in [0, 0.1) is 0 Å². The summed E-state index contributed by atoms with van der Waals surface area (Å²) in [6, 6.07) is 15.8. The van der Waals surface area contributed by atoms with E-state index in [1.165, 1.54) is 12.1 Å². The number of hydrogen-bond acceptors (Lipinski definition) is 4. The number of nitrogens with one attached hydrogen (secondary N) is 2. The Morgan fingerprint density at radius 3 is 2.37 bits per heavy atom. The molecule has 0 aliphatic heterocycles. The van der Waals surface area contributed by atoms with Gasteiger partial charge >= 0.3 is 0 Å². The Labute approximate surface area is 161 Å². The third-order valence-electron chi connectivity index (χ3n) is 4.07. The predicted octanol–water partition coefficient (Wildman–Crippen LogP) is 2.50. The molecule has 0 saturated heterocycles. The smallest absolute Gasteiger partial charge is 0.258 e. The predicted molar refractivity (Wildman–Crippen MR) is 105 cm³/mol. The van der Waals surface area contributed by atoms with Crippen molar-refractivity contribution in [3.05, 3.63) is 60.2 Å². The maximum Gasteiger partial charge on any atom is 0.258 e. The van der Waals surface area contributed by atoms with Gasteiger partial charge in [-0.05, 0) is 49.6 Å². The van der Waals surface area contributed by atoms with E-state index < -0.39 is 10.0 Å². The van der Waals surface area contributed by atoms with Gasteiger partial charge in [0.1, 0.15) is 5.75 Å². The van der Waals surface area contributed by atoms with Crippen LogP contribution in [0.3, 0.4) is 0 Å². The SMILES string of the molecule is CC[C@H](C)NC(=O)COc1ccc(S(=O)(=O)NCCc2ccccc2)cc1. The Bertz CT molecular complexity index is 821. The first-order valence-corrected chi connectivity index (χ1v) is 10.4. The summed E-state index contributed by atoms with van der Waals surface area (Å²) in [5.74, 6) is 0.237. The van der Waals surface area contributed by atoms with Crippen LogP contribution in [-0.2, 0) is 21.2 Å². The lowest BCUT2D eigenvalue weighted by Gasteiger charge is -2.12. The zero-order chi connectivity index (χ0) is 19.7. The molecule has 1 atom stereocenters. The second-order valence-corrected chi connectivity index (χ2v) is 8.04. The van der Waals surface area contributed by atoms with Crippen LogP contribution in [0.1, 0.15) is 25.8 Å². The van der Waals surface area contributed by atoms with Gasteiger partial charge in [-0.2, -0.15) is 0 Å². The summed E-state index contributed by atoms with van der Waals surface area (Å²) in [6.07, 6.45) is 1.46. The molecule has 27 heavy (non-hydrogen) atoms. The topological polar surface area (TPSA) is 84.5 Å². The average Bonchev–Trinajstić information content (AvgIpc) is 2.67. The Morgan fingerprint density at radius 2 is 1.74 bits per heavy atom. The Morgan fingerprint density at radius 1 is 1.07 bits per heavy atom. The summed E-state index contributed by atoms with van der Waals surface area (Å²) in [5.41, 5.74) is 1.07. The standard InChI is InChI=1S/C20H26N2O4S/c1-3-16(2)22-20(23)15-26-18-9-11-19(12-10-18)27(24,25)21-14-13-17-7-5-4-6-8-17/h4-12,16,21H,3,13-15H2,1-2H3,(H,22,23)/t16-/m0/s1. The van der Waals surface area contributed by atoms with Gasteiger partial charge < -0.3 is 10.1 Å². The lowest BCUT2D eigenvalue weighted by atomic mass is 10.2. The van der Waals surface area contributed by atoms with Crippen LogP contribution in [0.25, 0.3) is 0 Å². The lowest BCUT2D eigenvalue weighted by molar-refractivity contribution is -0.123. The molecule has 2 aromatic rings. The Balaban J connectivity index is 1.84. The number of carbonyl (C=O) groups excluding carboxylic acids is 1. The molecule has 0 spiro atoms. The molecule has 0 aliphatic rings. The van der Waals surface area contributed by atoms with Crippen LogP contribution in [-0.4, -0.2) is 33.5 Å². The molecule has 0 saturated carbocycles. The molecule has 0 unspecified atom stereocenters. The van der Waals surface area contributed by atoms with Crippen LogP contribution < -0.4 is 14.8 Å². The fourth-order valence-electron chi connectivity index (χ4n) is 2.34. The molecule has 2 rings (SSSR count). The number of amides is 1. The van der Waals surface area contributed by atoms with Gasteiger partial charge in [-0.1, -0.05) is 37.3 Å². The summed E-state index contributed by atoms with van der Waals surface area (Å²) in [7, 11) is -3.58. The van der Waals surface area contributed by atoms with Crippen molar-refractivity contribution in [2.45, 2.75) is 37.6 Å². The van der Waals surface area contributed by atoms with E-state index in [2.05, 4.69) is 10.0 Å². The maximum absolute atomic E-state index is 12.3. The molecular weight excluding hydrogens is 364 g/mol. The number of hydrogen-bond donors (Lipinski definition) is 2. The minimum Gasteiger partial charge on any atom is -0.484 e. The third-order valence-corrected chi connectivity index (χ3v) is 5.55. The van der Waals surface area contributed by atoms with Gasteiger partial charge in [0.25, 0.3) is 5.91 Å². The van der Waals surface area contributed by atoms with Crippen molar-refractivity contribution in [3.8, 4) is 5.75 Å². The van der Waals surface area contributed by atoms with Crippen molar-refractivity contribution in [3.63, 3.8) is 0 Å². The van der Waals surface area contributed by atoms with Crippen molar-refractivity contribution in [1.29, 1.82) is 0 Å². The van der Waals surface area contributed by atoms with Crippen LogP contribution in [0.5, 0.6) is 5.75 Å². The molecule has 0 bridgehead atoms. The summed E-state index contributed by atoms with van der Waals surface area (Å²) < 4.78 is 32.7. The summed E-state index contributed by atoms with van der Waals surface area (Å²) in [5, 5.41) is 2.80. The lowest BCUT2D eigenvalue weighted by Crippen LogP contribution is -2.35. The van der Waals surface area contributed by atoms with E-state index in [0.29, 0.717) is 18.7 Å². The van der Waals surface area contributed by atoms with Gasteiger partial charge in [0, 0.05) is 12.6 Å². The monoisotopic (exact) mass is 390 g/mol. The van der Waals surface area contributed by atoms with E-state index in [1.54, 1.807) is 12.1 Å². The van der Waals surface area contributed by atoms with Crippen molar-refractivity contribution in [2.24, 2.45) is 0 Å². The van der Waals surface area contributed by atoms with E-state index in [0.717, 1.165) is 12.0 Å². The van der Waals surface area contributed by atoms with Crippen molar-refractivity contribution in [1.82, 2.24) is 10.0 Å². The highest BCUT2D eigenvalue weighted by Crippen LogP contribution is 2.16. The molecule has 0 aromatic heterocycles. The zero-order valence-corrected chi connectivity index (χ0v) is 16.5. The van der Waals surface area contributed by atoms with Gasteiger partial charge in [0.2, 0.25) is 10.0 Å². The number of carbonyl (C=O) groups is 1. The Kier molecular flexibility index (Phi) is 7.82. The van der Waals surface area contributed by atoms with E-state index in [9.17, 15) is 13.2 Å². The van der Waals surface area contributed by atoms with E-state index in [-0.39, 0.29) is 23.5 Å². The van der Waals surface area contributed by atoms with Crippen molar-refractivity contribution < 1.29 is 17.9 Å². The Hall–Kier alpha value is -2.38. The molecule has 0 heterocycles. The normalized spacial score (nSPS) is 12.4. The minimum atomic E-state index is -3.58. The van der Waals surface area contributed by atoms with Gasteiger partial charge in [0.15, 0.2) is 6.61 Å². The van der Waals surface area contributed by atoms with Gasteiger partial charge in [-0.25, -0.2) is 13.1 Å².